The maximum atomic E-state index is 12.4. The molecule has 0 atom stereocenters. The van der Waals surface area contributed by atoms with Crippen molar-refractivity contribution >= 4 is 26.0 Å². The first-order valence-corrected chi connectivity index (χ1v) is 10.0. The van der Waals surface area contributed by atoms with Crippen LogP contribution in [0, 0.1) is 0 Å². The topological polar surface area (TPSA) is 81.2 Å². The molecule has 1 aromatic heterocycles. The second-order valence-electron chi connectivity index (χ2n) is 5.70. The van der Waals surface area contributed by atoms with Crippen LogP contribution >= 0.6 is 15.9 Å². The monoisotopic (exact) mass is 411 g/mol. The summed E-state index contributed by atoms with van der Waals surface area (Å²) < 4.78 is 34.2. The molecule has 1 aliphatic carbocycles. The maximum absolute atomic E-state index is 12.4. The minimum atomic E-state index is -3.49. The summed E-state index contributed by atoms with van der Waals surface area (Å²) in [5.41, 5.74) is 0. The number of hydrogen-bond acceptors (Lipinski definition) is 5. The second-order valence-corrected chi connectivity index (χ2v) is 8.33. The highest BCUT2D eigenvalue weighted by atomic mass is 79.9. The highest BCUT2D eigenvalue weighted by Crippen LogP contribution is 2.24. The zero-order valence-electron chi connectivity index (χ0n) is 12.9. The molecule has 0 radical (unpaired) electrons. The van der Waals surface area contributed by atoms with Crippen LogP contribution in [0.1, 0.15) is 25.7 Å². The van der Waals surface area contributed by atoms with Crippen LogP contribution in [0.2, 0.25) is 0 Å². The molecule has 1 saturated carbocycles. The number of rotatable bonds is 5. The first-order valence-electron chi connectivity index (χ1n) is 7.74. The van der Waals surface area contributed by atoms with Gasteiger partial charge in [0.25, 0.3) is 0 Å². The molecule has 0 unspecified atom stereocenters. The lowest BCUT2D eigenvalue weighted by atomic mass is 9.94. The van der Waals surface area contributed by atoms with Crippen molar-refractivity contribution in [3.05, 3.63) is 47.2 Å². The summed E-state index contributed by atoms with van der Waals surface area (Å²) in [4.78, 5) is 8.38. The number of halogens is 1. The van der Waals surface area contributed by atoms with Crippen LogP contribution < -0.4 is 9.46 Å². The maximum Gasteiger partial charge on any atom is 0.316 e. The van der Waals surface area contributed by atoms with E-state index in [-0.39, 0.29) is 17.0 Å². The number of sulfonamides is 1. The lowest BCUT2D eigenvalue weighted by Gasteiger charge is -2.28. The van der Waals surface area contributed by atoms with Crippen LogP contribution in [0.3, 0.4) is 0 Å². The van der Waals surface area contributed by atoms with Gasteiger partial charge in [0.2, 0.25) is 10.0 Å². The third-order valence-corrected chi connectivity index (χ3v) is 6.00. The number of aromatic nitrogens is 2. The third-order valence-electron chi connectivity index (χ3n) is 3.93. The Morgan fingerprint density at radius 2 is 1.67 bits per heavy atom. The number of benzene rings is 1. The molecule has 0 amide bonds. The van der Waals surface area contributed by atoms with E-state index >= 15 is 0 Å². The smallest absolute Gasteiger partial charge is 0.316 e. The van der Waals surface area contributed by atoms with E-state index in [2.05, 4.69) is 30.6 Å². The Morgan fingerprint density at radius 1 is 1.04 bits per heavy atom. The SMILES string of the molecule is O=S(=O)(NC1CCC(Oc2ncccn2)CC1)c1ccc(Br)cc1. The van der Waals surface area contributed by atoms with E-state index in [9.17, 15) is 8.42 Å². The summed E-state index contributed by atoms with van der Waals surface area (Å²) in [6, 6.07) is 8.66. The van der Waals surface area contributed by atoms with Crippen molar-refractivity contribution in [3.63, 3.8) is 0 Å². The van der Waals surface area contributed by atoms with Crippen LogP contribution in [0.5, 0.6) is 6.01 Å². The molecule has 0 spiro atoms. The zero-order valence-corrected chi connectivity index (χ0v) is 15.3. The first-order chi connectivity index (χ1) is 11.5. The van der Waals surface area contributed by atoms with E-state index in [1.807, 2.05) is 0 Å². The minimum absolute atomic E-state index is 0.0286. The Labute approximate surface area is 149 Å². The molecule has 1 aromatic carbocycles. The average Bonchev–Trinajstić information content (AvgIpc) is 2.58. The molecule has 1 N–H and O–H groups in total. The molecule has 8 heteroatoms. The van der Waals surface area contributed by atoms with Gasteiger partial charge in [-0.05, 0) is 56.0 Å². The summed E-state index contributed by atoms with van der Waals surface area (Å²) in [7, 11) is -3.49. The summed E-state index contributed by atoms with van der Waals surface area (Å²) >= 11 is 3.31. The molecule has 2 aromatic rings. The number of nitrogens with zero attached hydrogens (tertiary/aromatic N) is 2. The number of ether oxygens (including phenoxy) is 1. The van der Waals surface area contributed by atoms with Crippen molar-refractivity contribution in [3.8, 4) is 6.01 Å². The molecular formula is C16H18BrN3O3S. The van der Waals surface area contributed by atoms with Crippen LogP contribution in [-0.2, 0) is 10.0 Å². The lowest BCUT2D eigenvalue weighted by Crippen LogP contribution is -2.39. The molecule has 6 nitrogen and oxygen atoms in total. The molecule has 1 aliphatic rings. The highest BCUT2D eigenvalue weighted by molar-refractivity contribution is 9.10. The molecule has 3 rings (SSSR count). The fourth-order valence-electron chi connectivity index (χ4n) is 2.70. The van der Waals surface area contributed by atoms with Crippen molar-refractivity contribution in [2.45, 2.75) is 42.7 Å². The van der Waals surface area contributed by atoms with E-state index in [4.69, 9.17) is 4.74 Å². The minimum Gasteiger partial charge on any atom is -0.460 e. The van der Waals surface area contributed by atoms with Gasteiger partial charge >= 0.3 is 6.01 Å². The Morgan fingerprint density at radius 3 is 2.29 bits per heavy atom. The van der Waals surface area contributed by atoms with Crippen molar-refractivity contribution in [1.82, 2.24) is 14.7 Å². The molecular weight excluding hydrogens is 394 g/mol. The van der Waals surface area contributed by atoms with Gasteiger partial charge in [0.05, 0.1) is 4.90 Å². The molecule has 0 bridgehead atoms. The predicted octanol–water partition coefficient (Wildman–Crippen LogP) is 2.91. The number of hydrogen-bond donors (Lipinski definition) is 1. The van der Waals surface area contributed by atoms with Gasteiger partial charge in [-0.2, -0.15) is 0 Å². The molecule has 0 aliphatic heterocycles. The Kier molecular flexibility index (Phi) is 5.47. The van der Waals surface area contributed by atoms with E-state index in [0.29, 0.717) is 6.01 Å². The van der Waals surface area contributed by atoms with Crippen molar-refractivity contribution in [1.29, 1.82) is 0 Å². The Bertz CT molecular complexity index is 761. The summed E-state index contributed by atoms with van der Waals surface area (Å²) in [5.74, 6) is 0. The van der Waals surface area contributed by atoms with Crippen LogP contribution in [0.25, 0.3) is 0 Å². The van der Waals surface area contributed by atoms with Crippen LogP contribution in [0.4, 0.5) is 0 Å². The standard InChI is InChI=1S/C16H18BrN3O3S/c17-12-2-8-15(9-3-12)24(21,22)20-13-4-6-14(7-5-13)23-16-18-10-1-11-19-16/h1-3,8-11,13-14,20H,4-7H2. The largest absolute Gasteiger partial charge is 0.460 e. The average molecular weight is 412 g/mol. The lowest BCUT2D eigenvalue weighted by molar-refractivity contribution is 0.132. The molecule has 1 fully saturated rings. The van der Waals surface area contributed by atoms with Gasteiger partial charge in [0, 0.05) is 22.9 Å². The molecule has 1 heterocycles. The van der Waals surface area contributed by atoms with Gasteiger partial charge in [-0.3, -0.25) is 0 Å². The molecule has 128 valence electrons. The van der Waals surface area contributed by atoms with Crippen LogP contribution in [0.15, 0.2) is 52.1 Å². The second kappa shape index (κ2) is 7.58. The number of nitrogens with one attached hydrogen (secondary N) is 1. The van der Waals surface area contributed by atoms with E-state index in [1.165, 1.54) is 0 Å². The summed E-state index contributed by atoms with van der Waals surface area (Å²) in [6.45, 7) is 0. The van der Waals surface area contributed by atoms with Gasteiger partial charge < -0.3 is 4.74 Å². The highest BCUT2D eigenvalue weighted by Gasteiger charge is 2.27. The van der Waals surface area contributed by atoms with Crippen molar-refractivity contribution < 1.29 is 13.2 Å². The Balaban J connectivity index is 1.54. The quantitative estimate of drug-likeness (QED) is 0.817. The fourth-order valence-corrected chi connectivity index (χ4v) is 4.26. The summed E-state index contributed by atoms with van der Waals surface area (Å²) in [6.07, 6.45) is 6.31. The van der Waals surface area contributed by atoms with Gasteiger partial charge in [0.15, 0.2) is 0 Å². The molecule has 0 saturated heterocycles. The van der Waals surface area contributed by atoms with Crippen molar-refractivity contribution in [2.24, 2.45) is 0 Å². The van der Waals surface area contributed by atoms with Gasteiger partial charge in [-0.15, -0.1) is 0 Å². The summed E-state index contributed by atoms with van der Waals surface area (Å²) in [5, 5.41) is 0. The van der Waals surface area contributed by atoms with Gasteiger partial charge in [0.1, 0.15) is 6.10 Å². The van der Waals surface area contributed by atoms with Crippen LogP contribution in [-0.4, -0.2) is 30.5 Å². The first kappa shape index (κ1) is 17.3. The zero-order chi connectivity index (χ0) is 17.0. The molecule has 24 heavy (non-hydrogen) atoms. The normalized spacial score (nSPS) is 21.4. The predicted molar refractivity (Wildman–Crippen MR) is 93.2 cm³/mol. The van der Waals surface area contributed by atoms with Gasteiger partial charge in [-0.1, -0.05) is 15.9 Å². The fraction of sp³-hybridized carbons (Fsp3) is 0.375. The van der Waals surface area contributed by atoms with E-state index in [1.54, 1.807) is 42.7 Å². The van der Waals surface area contributed by atoms with E-state index in [0.717, 1.165) is 30.2 Å². The van der Waals surface area contributed by atoms with Gasteiger partial charge in [-0.25, -0.2) is 23.1 Å². The Hall–Kier alpha value is -1.51. The van der Waals surface area contributed by atoms with Crippen molar-refractivity contribution in [2.75, 3.05) is 0 Å². The van der Waals surface area contributed by atoms with E-state index < -0.39 is 10.0 Å². The third kappa shape index (κ3) is 4.52.